The lowest BCUT2D eigenvalue weighted by atomic mass is 10.1. The molecule has 0 aliphatic carbocycles. The predicted molar refractivity (Wildman–Crippen MR) is 78.6 cm³/mol. The van der Waals surface area contributed by atoms with Gasteiger partial charge in [-0.25, -0.2) is 4.98 Å². The molecule has 20 heavy (non-hydrogen) atoms. The molecule has 0 aliphatic heterocycles. The number of aryl methyl sites for hydroxylation is 2. The van der Waals surface area contributed by atoms with E-state index in [1.165, 1.54) is 0 Å². The number of nitrogens with one attached hydrogen (secondary N) is 3. The largest absolute Gasteiger partial charge is 0.355 e. The van der Waals surface area contributed by atoms with Gasteiger partial charge in [0.25, 0.3) is 5.56 Å². The van der Waals surface area contributed by atoms with Gasteiger partial charge in [-0.1, -0.05) is 13.8 Å². The van der Waals surface area contributed by atoms with E-state index in [9.17, 15) is 9.59 Å². The van der Waals surface area contributed by atoms with Crippen molar-refractivity contribution >= 4 is 5.91 Å². The van der Waals surface area contributed by atoms with E-state index in [1.807, 2.05) is 20.8 Å². The fourth-order valence-corrected chi connectivity index (χ4v) is 1.97. The van der Waals surface area contributed by atoms with Crippen molar-refractivity contribution in [3.05, 3.63) is 27.4 Å². The van der Waals surface area contributed by atoms with Gasteiger partial charge in [-0.3, -0.25) is 9.59 Å². The SMILES string of the molecule is Cc1nc(C)c(C(C)NCC(=O)NCC(C)C)c(=O)[nH]1. The summed E-state index contributed by atoms with van der Waals surface area (Å²) in [5.74, 6) is 0.945. The summed E-state index contributed by atoms with van der Waals surface area (Å²) in [6.45, 7) is 10.3. The zero-order valence-electron chi connectivity index (χ0n) is 12.8. The second-order valence-electron chi connectivity index (χ2n) is 5.45. The molecule has 6 heteroatoms. The summed E-state index contributed by atoms with van der Waals surface area (Å²) < 4.78 is 0. The first-order chi connectivity index (χ1) is 9.31. The van der Waals surface area contributed by atoms with Crippen molar-refractivity contribution in [1.82, 2.24) is 20.6 Å². The topological polar surface area (TPSA) is 86.9 Å². The van der Waals surface area contributed by atoms with Crippen LogP contribution in [0.25, 0.3) is 0 Å². The number of aromatic amines is 1. The Labute approximate surface area is 119 Å². The maximum Gasteiger partial charge on any atom is 0.255 e. The van der Waals surface area contributed by atoms with Crippen LogP contribution in [0.5, 0.6) is 0 Å². The molecule has 1 unspecified atom stereocenters. The Morgan fingerprint density at radius 3 is 2.50 bits per heavy atom. The van der Waals surface area contributed by atoms with Crippen LogP contribution in [0.2, 0.25) is 0 Å². The lowest BCUT2D eigenvalue weighted by Gasteiger charge is -2.15. The molecule has 0 saturated heterocycles. The second-order valence-corrected chi connectivity index (χ2v) is 5.45. The Morgan fingerprint density at radius 2 is 1.95 bits per heavy atom. The Hall–Kier alpha value is -1.69. The van der Waals surface area contributed by atoms with Gasteiger partial charge in [0.1, 0.15) is 5.82 Å². The van der Waals surface area contributed by atoms with Crippen LogP contribution in [-0.4, -0.2) is 29.0 Å². The van der Waals surface area contributed by atoms with E-state index in [4.69, 9.17) is 0 Å². The molecule has 1 rings (SSSR count). The number of carbonyl (C=O) groups excluding carboxylic acids is 1. The average Bonchev–Trinajstić information content (AvgIpc) is 2.32. The minimum atomic E-state index is -0.225. The van der Waals surface area contributed by atoms with Crippen LogP contribution in [0.1, 0.15) is 43.9 Å². The number of nitrogens with zero attached hydrogens (tertiary/aromatic N) is 1. The van der Waals surface area contributed by atoms with E-state index in [0.717, 1.165) is 0 Å². The highest BCUT2D eigenvalue weighted by Crippen LogP contribution is 2.10. The quantitative estimate of drug-likeness (QED) is 0.719. The van der Waals surface area contributed by atoms with Gasteiger partial charge < -0.3 is 15.6 Å². The van der Waals surface area contributed by atoms with Gasteiger partial charge in [-0.2, -0.15) is 0 Å². The molecule has 1 aromatic heterocycles. The summed E-state index contributed by atoms with van der Waals surface area (Å²) in [6.07, 6.45) is 0. The van der Waals surface area contributed by atoms with E-state index >= 15 is 0 Å². The maximum absolute atomic E-state index is 11.9. The van der Waals surface area contributed by atoms with Crippen molar-refractivity contribution in [3.8, 4) is 0 Å². The highest BCUT2D eigenvalue weighted by Gasteiger charge is 2.15. The molecule has 6 nitrogen and oxygen atoms in total. The van der Waals surface area contributed by atoms with Crippen LogP contribution < -0.4 is 16.2 Å². The third-order valence-electron chi connectivity index (χ3n) is 2.97. The highest BCUT2D eigenvalue weighted by atomic mass is 16.2. The Kier molecular flexibility index (Phi) is 5.88. The van der Waals surface area contributed by atoms with Gasteiger partial charge in [0, 0.05) is 18.3 Å². The Morgan fingerprint density at radius 1 is 1.30 bits per heavy atom. The first-order valence-corrected chi connectivity index (χ1v) is 6.88. The number of rotatable bonds is 6. The molecule has 0 spiro atoms. The summed E-state index contributed by atoms with van der Waals surface area (Å²) in [4.78, 5) is 30.5. The van der Waals surface area contributed by atoms with Crippen LogP contribution in [-0.2, 0) is 4.79 Å². The molecule has 1 amide bonds. The van der Waals surface area contributed by atoms with Gasteiger partial charge in [-0.05, 0) is 26.7 Å². The fraction of sp³-hybridized carbons (Fsp3) is 0.643. The zero-order chi connectivity index (χ0) is 15.3. The van der Waals surface area contributed by atoms with Crippen molar-refractivity contribution < 1.29 is 4.79 Å². The second kappa shape index (κ2) is 7.19. The Balaban J connectivity index is 2.62. The van der Waals surface area contributed by atoms with Crippen molar-refractivity contribution in [1.29, 1.82) is 0 Å². The number of carbonyl (C=O) groups is 1. The van der Waals surface area contributed by atoms with Gasteiger partial charge in [0.2, 0.25) is 5.91 Å². The summed E-state index contributed by atoms with van der Waals surface area (Å²) >= 11 is 0. The maximum atomic E-state index is 11.9. The normalized spacial score (nSPS) is 12.5. The molecular weight excluding hydrogens is 256 g/mol. The minimum Gasteiger partial charge on any atom is -0.355 e. The average molecular weight is 280 g/mol. The summed E-state index contributed by atoms with van der Waals surface area (Å²) in [5.41, 5.74) is 1.11. The monoisotopic (exact) mass is 280 g/mol. The molecule has 0 bridgehead atoms. The van der Waals surface area contributed by atoms with Crippen LogP contribution in [0, 0.1) is 19.8 Å². The predicted octanol–water partition coefficient (Wildman–Crippen LogP) is 0.810. The summed E-state index contributed by atoms with van der Waals surface area (Å²) in [7, 11) is 0. The third-order valence-corrected chi connectivity index (χ3v) is 2.97. The molecule has 112 valence electrons. The molecular formula is C14H24N4O2. The molecule has 0 aliphatic rings. The lowest BCUT2D eigenvalue weighted by Crippen LogP contribution is -2.38. The molecule has 0 saturated carbocycles. The number of H-pyrrole nitrogens is 1. The van der Waals surface area contributed by atoms with Gasteiger partial charge in [-0.15, -0.1) is 0 Å². The summed E-state index contributed by atoms with van der Waals surface area (Å²) in [5, 5.41) is 5.88. The molecule has 1 atom stereocenters. The number of aromatic nitrogens is 2. The number of hydrogen-bond donors (Lipinski definition) is 3. The first-order valence-electron chi connectivity index (χ1n) is 6.88. The van der Waals surface area contributed by atoms with Crippen LogP contribution in [0.15, 0.2) is 4.79 Å². The van der Waals surface area contributed by atoms with E-state index in [-0.39, 0.29) is 24.1 Å². The molecule has 3 N–H and O–H groups in total. The van der Waals surface area contributed by atoms with E-state index in [1.54, 1.807) is 13.8 Å². The summed E-state index contributed by atoms with van der Waals surface area (Å²) in [6, 6.07) is -0.225. The lowest BCUT2D eigenvalue weighted by molar-refractivity contribution is -0.120. The minimum absolute atomic E-state index is 0.0697. The standard InChI is InChI=1S/C14H24N4O2/c1-8(2)6-16-12(19)7-15-9(3)13-10(4)17-11(5)18-14(13)20/h8-9,15H,6-7H2,1-5H3,(H,16,19)(H,17,18,20). The van der Waals surface area contributed by atoms with E-state index in [0.29, 0.717) is 29.5 Å². The number of hydrogen-bond acceptors (Lipinski definition) is 4. The van der Waals surface area contributed by atoms with Crippen LogP contribution >= 0.6 is 0 Å². The van der Waals surface area contributed by atoms with Crippen molar-refractivity contribution in [2.24, 2.45) is 5.92 Å². The molecule has 0 aromatic carbocycles. The van der Waals surface area contributed by atoms with Gasteiger partial charge >= 0.3 is 0 Å². The molecule has 1 aromatic rings. The molecule has 0 fully saturated rings. The van der Waals surface area contributed by atoms with Crippen molar-refractivity contribution in [3.63, 3.8) is 0 Å². The zero-order valence-corrected chi connectivity index (χ0v) is 12.8. The Bertz CT molecular complexity index is 522. The van der Waals surface area contributed by atoms with Crippen molar-refractivity contribution in [2.45, 2.75) is 40.7 Å². The van der Waals surface area contributed by atoms with Crippen LogP contribution in [0.4, 0.5) is 0 Å². The third kappa shape index (κ3) is 4.77. The van der Waals surface area contributed by atoms with Gasteiger partial charge in [0.15, 0.2) is 0 Å². The van der Waals surface area contributed by atoms with Crippen LogP contribution in [0.3, 0.4) is 0 Å². The van der Waals surface area contributed by atoms with E-state index < -0.39 is 0 Å². The van der Waals surface area contributed by atoms with Gasteiger partial charge in [0.05, 0.1) is 12.1 Å². The molecule has 1 heterocycles. The smallest absolute Gasteiger partial charge is 0.255 e. The molecule has 0 radical (unpaired) electrons. The first kappa shape index (κ1) is 16.4. The van der Waals surface area contributed by atoms with E-state index in [2.05, 4.69) is 20.6 Å². The number of amides is 1. The van der Waals surface area contributed by atoms with Crippen molar-refractivity contribution in [2.75, 3.05) is 13.1 Å². The fourth-order valence-electron chi connectivity index (χ4n) is 1.97. The highest BCUT2D eigenvalue weighted by molar-refractivity contribution is 5.78.